The molecule has 0 aliphatic carbocycles. The summed E-state index contributed by atoms with van der Waals surface area (Å²) in [5.74, 6) is -0.542. The number of carbonyl (C=O) groups excluding carboxylic acids is 2. The van der Waals surface area contributed by atoms with Gasteiger partial charge < -0.3 is 9.88 Å². The van der Waals surface area contributed by atoms with Crippen LogP contribution in [0.3, 0.4) is 0 Å². The highest BCUT2D eigenvalue weighted by molar-refractivity contribution is 7.98. The number of nitrogens with zero attached hydrogens (tertiary/aromatic N) is 5. The number of amides is 3. The largest absolute Gasteiger partial charge is 0.332 e. The molecule has 0 atom stereocenters. The molecular weight excluding hydrogens is 396 g/mol. The fourth-order valence-electron chi connectivity index (χ4n) is 2.83. The summed E-state index contributed by atoms with van der Waals surface area (Å²) in [7, 11) is 4.20. The minimum absolute atomic E-state index is 0.115. The van der Waals surface area contributed by atoms with E-state index in [9.17, 15) is 19.2 Å². The quantitative estimate of drug-likeness (QED) is 0.631. The van der Waals surface area contributed by atoms with E-state index in [2.05, 4.69) is 10.3 Å². The number of imide groups is 1. The SMILES string of the molecule is CSc1ccccc1NC(=O)N(C)C(=O)Cn1cnc2c1c(=O)n(C)c(=O)n2C. The lowest BCUT2D eigenvalue weighted by atomic mass is 10.3. The van der Waals surface area contributed by atoms with Gasteiger partial charge in [-0.05, 0) is 18.4 Å². The van der Waals surface area contributed by atoms with Crippen LogP contribution >= 0.6 is 11.8 Å². The molecule has 2 heterocycles. The number of hydrogen-bond acceptors (Lipinski definition) is 6. The summed E-state index contributed by atoms with van der Waals surface area (Å²) < 4.78 is 3.51. The number of benzene rings is 1. The average Bonchev–Trinajstić information content (AvgIpc) is 3.14. The topological polar surface area (TPSA) is 111 Å². The van der Waals surface area contributed by atoms with E-state index < -0.39 is 23.2 Å². The summed E-state index contributed by atoms with van der Waals surface area (Å²) in [5.41, 5.74) is -0.185. The van der Waals surface area contributed by atoms with E-state index in [0.29, 0.717) is 5.69 Å². The van der Waals surface area contributed by atoms with Gasteiger partial charge in [0.1, 0.15) is 6.54 Å². The number of para-hydroxylation sites is 1. The standard InChI is InChI=1S/C18H20N6O4S/c1-21(17(27)20-11-7-5-6-8-12(11)29-4)13(25)9-24-10-19-15-14(24)16(26)23(3)18(28)22(15)2/h5-8,10H,9H2,1-4H3,(H,20,27). The molecule has 0 aliphatic heterocycles. The van der Waals surface area contributed by atoms with Crippen molar-refractivity contribution >= 4 is 40.6 Å². The van der Waals surface area contributed by atoms with Crippen molar-refractivity contribution in [3.8, 4) is 0 Å². The maximum absolute atomic E-state index is 12.6. The number of thioether (sulfide) groups is 1. The minimum Gasteiger partial charge on any atom is -0.315 e. The van der Waals surface area contributed by atoms with Crippen LogP contribution in [0.4, 0.5) is 10.5 Å². The van der Waals surface area contributed by atoms with Crippen molar-refractivity contribution in [1.29, 1.82) is 0 Å². The van der Waals surface area contributed by atoms with Gasteiger partial charge in [-0.3, -0.25) is 23.6 Å². The molecule has 0 unspecified atom stereocenters. The van der Waals surface area contributed by atoms with E-state index in [4.69, 9.17) is 0 Å². The molecule has 0 saturated heterocycles. The van der Waals surface area contributed by atoms with Crippen molar-refractivity contribution in [3.63, 3.8) is 0 Å². The van der Waals surface area contributed by atoms with Gasteiger partial charge in [0.05, 0.1) is 12.0 Å². The number of fused-ring (bicyclic) bond motifs is 1. The van der Waals surface area contributed by atoms with E-state index in [1.54, 1.807) is 12.1 Å². The zero-order chi connectivity index (χ0) is 21.3. The molecule has 3 aromatic rings. The van der Waals surface area contributed by atoms with Crippen molar-refractivity contribution in [2.75, 3.05) is 18.6 Å². The fourth-order valence-corrected chi connectivity index (χ4v) is 3.38. The highest BCUT2D eigenvalue weighted by atomic mass is 32.2. The molecule has 0 radical (unpaired) electrons. The Kier molecular flexibility index (Phi) is 5.59. The average molecular weight is 416 g/mol. The number of likely N-dealkylation sites (N-methyl/N-ethyl adjacent to an activating group) is 1. The summed E-state index contributed by atoms with van der Waals surface area (Å²) in [6.07, 6.45) is 3.19. The number of aryl methyl sites for hydroxylation is 1. The zero-order valence-corrected chi connectivity index (χ0v) is 17.2. The first-order valence-corrected chi connectivity index (χ1v) is 9.80. The lowest BCUT2D eigenvalue weighted by Gasteiger charge is -2.18. The molecular formula is C18H20N6O4S. The molecule has 152 valence electrons. The maximum Gasteiger partial charge on any atom is 0.332 e. The number of rotatable bonds is 4. The second-order valence-electron chi connectivity index (χ2n) is 6.33. The third kappa shape index (κ3) is 3.68. The first kappa shape index (κ1) is 20.4. The number of imidazole rings is 1. The molecule has 3 rings (SSSR count). The predicted molar refractivity (Wildman–Crippen MR) is 110 cm³/mol. The van der Waals surface area contributed by atoms with Gasteiger partial charge in [0.2, 0.25) is 5.91 Å². The van der Waals surface area contributed by atoms with Crippen molar-refractivity contribution < 1.29 is 9.59 Å². The van der Waals surface area contributed by atoms with Gasteiger partial charge in [-0.1, -0.05) is 12.1 Å². The minimum atomic E-state index is -0.596. The van der Waals surface area contributed by atoms with Crippen LogP contribution in [0.15, 0.2) is 45.1 Å². The number of hydrogen-bond donors (Lipinski definition) is 1. The molecule has 0 saturated carbocycles. The van der Waals surface area contributed by atoms with Crippen molar-refractivity contribution in [1.82, 2.24) is 23.6 Å². The summed E-state index contributed by atoms with van der Waals surface area (Å²) >= 11 is 1.47. The number of anilines is 1. The molecule has 10 nitrogen and oxygen atoms in total. The Morgan fingerprint density at radius 3 is 2.55 bits per heavy atom. The van der Waals surface area contributed by atoms with Gasteiger partial charge in [-0.25, -0.2) is 14.6 Å². The van der Waals surface area contributed by atoms with Crippen LogP contribution < -0.4 is 16.6 Å². The van der Waals surface area contributed by atoms with Crippen LogP contribution in [-0.4, -0.2) is 48.8 Å². The van der Waals surface area contributed by atoms with Crippen molar-refractivity contribution in [3.05, 3.63) is 51.4 Å². The van der Waals surface area contributed by atoms with E-state index in [1.165, 1.54) is 48.4 Å². The number of carbonyl (C=O) groups is 2. The Bertz CT molecular complexity index is 1230. The monoisotopic (exact) mass is 416 g/mol. The zero-order valence-electron chi connectivity index (χ0n) is 16.4. The number of urea groups is 1. The van der Waals surface area contributed by atoms with E-state index in [1.807, 2.05) is 18.4 Å². The molecule has 11 heteroatoms. The highest BCUT2D eigenvalue weighted by Crippen LogP contribution is 2.24. The Hall–Kier alpha value is -3.34. The molecule has 1 N–H and O–H groups in total. The van der Waals surface area contributed by atoms with Gasteiger partial charge in [-0.15, -0.1) is 11.8 Å². The highest BCUT2D eigenvalue weighted by Gasteiger charge is 2.21. The van der Waals surface area contributed by atoms with Crippen LogP contribution in [-0.2, 0) is 25.4 Å². The normalized spacial score (nSPS) is 10.9. The maximum atomic E-state index is 12.6. The fraction of sp³-hybridized carbons (Fsp3) is 0.278. The van der Waals surface area contributed by atoms with E-state index in [-0.39, 0.29) is 17.7 Å². The number of aromatic nitrogens is 4. The second kappa shape index (κ2) is 7.95. The van der Waals surface area contributed by atoms with Crippen LogP contribution in [0.1, 0.15) is 0 Å². The second-order valence-corrected chi connectivity index (χ2v) is 7.18. The Morgan fingerprint density at radius 1 is 1.17 bits per heavy atom. The van der Waals surface area contributed by atoms with Crippen molar-refractivity contribution in [2.45, 2.75) is 11.4 Å². The number of nitrogens with one attached hydrogen (secondary N) is 1. The van der Waals surface area contributed by atoms with Gasteiger partial charge in [0.15, 0.2) is 11.2 Å². The lowest BCUT2D eigenvalue weighted by Crippen LogP contribution is -2.40. The first-order chi connectivity index (χ1) is 13.8. The van der Waals surface area contributed by atoms with Crippen LogP contribution in [0, 0.1) is 0 Å². The van der Waals surface area contributed by atoms with Gasteiger partial charge in [0, 0.05) is 26.0 Å². The Morgan fingerprint density at radius 2 is 1.86 bits per heavy atom. The van der Waals surface area contributed by atoms with Crippen LogP contribution in [0.25, 0.3) is 11.2 Å². The molecule has 0 aliphatic rings. The van der Waals surface area contributed by atoms with Crippen LogP contribution in [0.2, 0.25) is 0 Å². The molecule has 3 amide bonds. The molecule has 29 heavy (non-hydrogen) atoms. The molecule has 0 spiro atoms. The molecule has 0 bridgehead atoms. The molecule has 2 aromatic heterocycles. The third-order valence-electron chi connectivity index (χ3n) is 4.55. The predicted octanol–water partition coefficient (Wildman–Crippen LogP) is 0.846. The first-order valence-electron chi connectivity index (χ1n) is 8.57. The Balaban J connectivity index is 1.84. The smallest absolute Gasteiger partial charge is 0.315 e. The van der Waals surface area contributed by atoms with Gasteiger partial charge in [-0.2, -0.15) is 0 Å². The lowest BCUT2D eigenvalue weighted by molar-refractivity contribution is -0.127. The van der Waals surface area contributed by atoms with E-state index >= 15 is 0 Å². The summed E-state index contributed by atoms with van der Waals surface area (Å²) in [5, 5.41) is 2.71. The summed E-state index contributed by atoms with van der Waals surface area (Å²) in [4.78, 5) is 55.4. The van der Waals surface area contributed by atoms with Gasteiger partial charge >= 0.3 is 11.7 Å². The van der Waals surface area contributed by atoms with E-state index in [0.717, 1.165) is 14.4 Å². The molecule has 0 fully saturated rings. The molecule has 1 aromatic carbocycles. The van der Waals surface area contributed by atoms with Gasteiger partial charge in [0.25, 0.3) is 5.56 Å². The summed E-state index contributed by atoms with van der Waals surface area (Å²) in [6.45, 7) is -0.280. The Labute approximate surface area is 169 Å². The third-order valence-corrected chi connectivity index (χ3v) is 5.35. The van der Waals surface area contributed by atoms with Crippen molar-refractivity contribution in [2.24, 2.45) is 14.1 Å². The van der Waals surface area contributed by atoms with Crippen LogP contribution in [0.5, 0.6) is 0 Å². The summed E-state index contributed by atoms with van der Waals surface area (Å²) in [6, 6.07) is 6.65.